The number of hydrogen-bond donors (Lipinski definition) is 2. The molecule has 18 heavy (non-hydrogen) atoms. The minimum atomic E-state index is -0.0102. The summed E-state index contributed by atoms with van der Waals surface area (Å²) >= 11 is 5.79. The molecule has 0 bridgehead atoms. The maximum Gasteiger partial charge on any atom is 0.149 e. The largest absolute Gasteiger partial charge is 0.396 e. The van der Waals surface area contributed by atoms with E-state index in [0.29, 0.717) is 17.4 Å². The van der Waals surface area contributed by atoms with Crippen molar-refractivity contribution in [3.05, 3.63) is 53.4 Å². The van der Waals surface area contributed by atoms with Gasteiger partial charge in [-0.25, -0.2) is 4.98 Å². The molecule has 1 aromatic heterocycles. The molecule has 0 amide bonds. The molecule has 2 rings (SSSR count). The maximum absolute atomic E-state index is 9.13. The monoisotopic (exact) mass is 263 g/mol. The Hall–Kier alpha value is -1.65. The number of aliphatic hydroxyl groups is 1. The van der Waals surface area contributed by atoms with Crippen LogP contribution in [0.4, 0.5) is 5.82 Å². The number of aromatic nitrogens is 2. The lowest BCUT2D eigenvalue weighted by atomic mass is 10.0. The van der Waals surface area contributed by atoms with Gasteiger partial charge >= 0.3 is 0 Å². The molecule has 2 N–H and O–H groups in total. The molecule has 2 aromatic rings. The molecular weight excluding hydrogens is 250 g/mol. The fourth-order valence-corrected chi connectivity index (χ4v) is 1.87. The maximum atomic E-state index is 9.13. The summed E-state index contributed by atoms with van der Waals surface area (Å²) in [5.74, 6) is 0.602. The summed E-state index contributed by atoms with van der Waals surface area (Å²) in [7, 11) is 0. The molecule has 0 aliphatic heterocycles. The van der Waals surface area contributed by atoms with Crippen LogP contribution >= 0.6 is 11.6 Å². The average Bonchev–Trinajstić information content (AvgIpc) is 2.39. The second kappa shape index (κ2) is 6.33. The number of nitrogens with one attached hydrogen (secondary N) is 1. The van der Waals surface area contributed by atoms with Gasteiger partial charge in [0.05, 0.1) is 18.4 Å². The number of hydrogen-bond acceptors (Lipinski definition) is 4. The third-order valence-electron chi connectivity index (χ3n) is 2.55. The number of aliphatic hydroxyl groups excluding tert-OH is 1. The highest BCUT2D eigenvalue weighted by Crippen LogP contribution is 2.21. The SMILES string of the molecule is OCCC(Nc1cncc(Cl)n1)c1ccccc1. The Morgan fingerprint density at radius 2 is 2.00 bits per heavy atom. The highest BCUT2D eigenvalue weighted by molar-refractivity contribution is 6.29. The summed E-state index contributed by atoms with van der Waals surface area (Å²) in [6.07, 6.45) is 3.69. The molecule has 0 aliphatic rings. The smallest absolute Gasteiger partial charge is 0.149 e. The predicted molar refractivity (Wildman–Crippen MR) is 71.6 cm³/mol. The second-order valence-electron chi connectivity index (χ2n) is 3.85. The van der Waals surface area contributed by atoms with Gasteiger partial charge in [0.1, 0.15) is 11.0 Å². The van der Waals surface area contributed by atoms with Gasteiger partial charge in [0.15, 0.2) is 0 Å². The minimum Gasteiger partial charge on any atom is -0.396 e. The number of rotatable bonds is 5. The van der Waals surface area contributed by atoms with E-state index in [9.17, 15) is 0 Å². The van der Waals surface area contributed by atoms with E-state index in [4.69, 9.17) is 16.7 Å². The van der Waals surface area contributed by atoms with Crippen molar-refractivity contribution in [3.8, 4) is 0 Å². The zero-order chi connectivity index (χ0) is 12.8. The van der Waals surface area contributed by atoms with Crippen LogP contribution in [0.25, 0.3) is 0 Å². The quantitative estimate of drug-likeness (QED) is 0.871. The van der Waals surface area contributed by atoms with E-state index in [0.717, 1.165) is 5.56 Å². The molecule has 0 saturated carbocycles. The highest BCUT2D eigenvalue weighted by atomic mass is 35.5. The lowest BCUT2D eigenvalue weighted by Gasteiger charge is -2.18. The Morgan fingerprint density at radius 1 is 1.22 bits per heavy atom. The first kappa shape index (κ1) is 12.8. The molecule has 0 radical (unpaired) electrons. The van der Waals surface area contributed by atoms with E-state index in [1.54, 1.807) is 6.20 Å². The van der Waals surface area contributed by atoms with Crippen LogP contribution in [0.15, 0.2) is 42.7 Å². The Kier molecular flexibility index (Phi) is 4.50. The molecule has 1 atom stereocenters. The normalized spacial score (nSPS) is 12.1. The fourth-order valence-electron chi connectivity index (χ4n) is 1.73. The molecule has 0 fully saturated rings. The van der Waals surface area contributed by atoms with Crippen LogP contribution < -0.4 is 5.32 Å². The number of nitrogens with zero attached hydrogens (tertiary/aromatic N) is 2. The van der Waals surface area contributed by atoms with E-state index in [1.165, 1.54) is 6.20 Å². The van der Waals surface area contributed by atoms with Crippen molar-refractivity contribution in [2.24, 2.45) is 0 Å². The van der Waals surface area contributed by atoms with Crippen LogP contribution in [0.2, 0.25) is 5.15 Å². The summed E-state index contributed by atoms with van der Waals surface area (Å²) in [6.45, 7) is 0.0978. The molecule has 0 aliphatic carbocycles. The van der Waals surface area contributed by atoms with Crippen LogP contribution in [0, 0.1) is 0 Å². The first-order valence-corrected chi connectivity index (χ1v) is 6.07. The van der Waals surface area contributed by atoms with Gasteiger partial charge in [-0.2, -0.15) is 0 Å². The van der Waals surface area contributed by atoms with Crippen molar-refractivity contribution >= 4 is 17.4 Å². The van der Waals surface area contributed by atoms with Crippen molar-refractivity contribution < 1.29 is 5.11 Å². The zero-order valence-corrected chi connectivity index (χ0v) is 10.5. The van der Waals surface area contributed by atoms with Crippen LogP contribution in [0.1, 0.15) is 18.0 Å². The molecule has 0 saturated heterocycles. The summed E-state index contributed by atoms with van der Waals surface area (Å²) in [4.78, 5) is 8.10. The molecule has 1 aromatic carbocycles. The van der Waals surface area contributed by atoms with Crippen molar-refractivity contribution in [2.45, 2.75) is 12.5 Å². The number of benzene rings is 1. The van der Waals surface area contributed by atoms with Gasteiger partial charge in [-0.3, -0.25) is 4.98 Å². The molecular formula is C13H14ClN3O. The summed E-state index contributed by atoms with van der Waals surface area (Å²) in [6, 6.07) is 9.88. The van der Waals surface area contributed by atoms with Gasteiger partial charge in [0, 0.05) is 6.61 Å². The van der Waals surface area contributed by atoms with Gasteiger partial charge in [0.25, 0.3) is 0 Å². The van der Waals surface area contributed by atoms with E-state index in [-0.39, 0.29) is 12.6 Å². The van der Waals surface area contributed by atoms with Crippen LogP contribution in [0.3, 0.4) is 0 Å². The van der Waals surface area contributed by atoms with E-state index < -0.39 is 0 Å². The molecule has 4 nitrogen and oxygen atoms in total. The average molecular weight is 264 g/mol. The summed E-state index contributed by atoms with van der Waals surface area (Å²) < 4.78 is 0. The first-order valence-electron chi connectivity index (χ1n) is 5.69. The Bertz CT molecular complexity index is 493. The Balaban J connectivity index is 2.16. The molecule has 1 unspecified atom stereocenters. The first-order chi connectivity index (χ1) is 8.79. The lowest BCUT2D eigenvalue weighted by Crippen LogP contribution is -2.13. The van der Waals surface area contributed by atoms with Crippen LogP contribution in [-0.2, 0) is 0 Å². The predicted octanol–water partition coefficient (Wildman–Crippen LogP) is 2.67. The second-order valence-corrected chi connectivity index (χ2v) is 4.23. The number of anilines is 1. The Morgan fingerprint density at radius 3 is 2.67 bits per heavy atom. The molecule has 0 spiro atoms. The summed E-state index contributed by atoms with van der Waals surface area (Å²) in [5, 5.41) is 12.7. The van der Waals surface area contributed by atoms with E-state index in [1.807, 2.05) is 30.3 Å². The van der Waals surface area contributed by atoms with Crippen molar-refractivity contribution in [3.63, 3.8) is 0 Å². The lowest BCUT2D eigenvalue weighted by molar-refractivity contribution is 0.280. The standard InChI is InChI=1S/C13H14ClN3O/c14-12-8-15-9-13(17-12)16-11(6-7-18)10-4-2-1-3-5-10/h1-5,8-9,11,18H,6-7H2,(H,16,17). The third kappa shape index (κ3) is 3.42. The zero-order valence-electron chi connectivity index (χ0n) is 9.75. The topological polar surface area (TPSA) is 58.0 Å². The van der Waals surface area contributed by atoms with Gasteiger partial charge in [-0.15, -0.1) is 0 Å². The third-order valence-corrected chi connectivity index (χ3v) is 2.73. The molecule has 94 valence electrons. The molecule has 1 heterocycles. The van der Waals surface area contributed by atoms with Crippen molar-refractivity contribution in [1.82, 2.24) is 9.97 Å². The highest BCUT2D eigenvalue weighted by Gasteiger charge is 2.11. The van der Waals surface area contributed by atoms with Gasteiger partial charge in [0.2, 0.25) is 0 Å². The fraction of sp³-hybridized carbons (Fsp3) is 0.231. The van der Waals surface area contributed by atoms with E-state index in [2.05, 4.69) is 15.3 Å². The number of halogens is 1. The van der Waals surface area contributed by atoms with Crippen LogP contribution in [-0.4, -0.2) is 21.7 Å². The Labute approximate surface area is 111 Å². The summed E-state index contributed by atoms with van der Waals surface area (Å²) in [5.41, 5.74) is 1.09. The molecule has 5 heteroatoms. The van der Waals surface area contributed by atoms with Crippen molar-refractivity contribution in [1.29, 1.82) is 0 Å². The van der Waals surface area contributed by atoms with Crippen molar-refractivity contribution in [2.75, 3.05) is 11.9 Å². The van der Waals surface area contributed by atoms with Crippen LogP contribution in [0.5, 0.6) is 0 Å². The van der Waals surface area contributed by atoms with Gasteiger partial charge in [-0.1, -0.05) is 41.9 Å². The minimum absolute atomic E-state index is 0.0102. The van der Waals surface area contributed by atoms with E-state index >= 15 is 0 Å². The van der Waals surface area contributed by atoms with Gasteiger partial charge < -0.3 is 10.4 Å². The van der Waals surface area contributed by atoms with Gasteiger partial charge in [-0.05, 0) is 12.0 Å².